The van der Waals surface area contributed by atoms with Crippen molar-refractivity contribution in [3.63, 3.8) is 0 Å². The molecule has 0 saturated carbocycles. The number of nitrogens with zero attached hydrogens (tertiary/aromatic N) is 3. The van der Waals surface area contributed by atoms with Gasteiger partial charge in [-0.15, -0.1) is 11.3 Å². The third-order valence-corrected chi connectivity index (χ3v) is 4.29. The zero-order valence-electron chi connectivity index (χ0n) is 11.5. The summed E-state index contributed by atoms with van der Waals surface area (Å²) < 4.78 is 5.83. The van der Waals surface area contributed by atoms with Crippen LogP contribution in [0.3, 0.4) is 0 Å². The van der Waals surface area contributed by atoms with Crippen molar-refractivity contribution in [1.82, 2.24) is 15.0 Å². The lowest BCUT2D eigenvalue weighted by molar-refractivity contribution is 0.466. The maximum Gasteiger partial charge on any atom is 0.231 e. The Labute approximate surface area is 131 Å². The topological polar surface area (TPSA) is 47.9 Å². The van der Waals surface area contributed by atoms with Crippen LogP contribution in [-0.4, -0.2) is 15.0 Å². The van der Waals surface area contributed by atoms with Crippen LogP contribution >= 0.6 is 11.3 Å². The van der Waals surface area contributed by atoms with Crippen LogP contribution in [-0.2, 0) is 0 Å². The fourth-order valence-electron chi connectivity index (χ4n) is 2.18. The fourth-order valence-corrected chi connectivity index (χ4v) is 3.17. The van der Waals surface area contributed by atoms with Crippen LogP contribution < -0.4 is 4.74 Å². The lowest BCUT2D eigenvalue weighted by Gasteiger charge is -2.03. The molecule has 0 aliphatic heterocycles. The van der Waals surface area contributed by atoms with Gasteiger partial charge in [-0.1, -0.05) is 30.3 Å². The van der Waals surface area contributed by atoms with Crippen molar-refractivity contribution in [3.8, 4) is 22.1 Å². The Hall–Kier alpha value is -2.79. The lowest BCUT2D eigenvalue weighted by atomic mass is 10.2. The molecular formula is C17H11N3OS. The minimum absolute atomic E-state index is 0.552. The Bertz CT molecular complexity index is 907. The van der Waals surface area contributed by atoms with E-state index >= 15 is 0 Å². The summed E-state index contributed by atoms with van der Waals surface area (Å²) in [5.41, 5.74) is 1.16. The summed E-state index contributed by atoms with van der Waals surface area (Å²) in [5.74, 6) is 1.21. The van der Waals surface area contributed by atoms with Gasteiger partial charge in [-0.3, -0.25) is 4.98 Å². The van der Waals surface area contributed by atoms with Crippen LogP contribution in [0, 0.1) is 0 Å². The fraction of sp³-hybridized carbons (Fsp3) is 0. The molecule has 106 valence electrons. The molecule has 0 fully saturated rings. The van der Waals surface area contributed by atoms with Gasteiger partial charge in [0.15, 0.2) is 0 Å². The van der Waals surface area contributed by atoms with E-state index in [1.54, 1.807) is 23.7 Å². The first kappa shape index (κ1) is 12.9. The summed E-state index contributed by atoms with van der Waals surface area (Å²) in [6.07, 6.45) is 4.90. The van der Waals surface area contributed by atoms with Crippen LogP contribution in [0.15, 0.2) is 67.3 Å². The van der Waals surface area contributed by atoms with E-state index < -0.39 is 0 Å². The number of hydrogen-bond acceptors (Lipinski definition) is 5. The molecule has 1 aromatic carbocycles. The Morgan fingerprint density at radius 3 is 2.68 bits per heavy atom. The Morgan fingerprint density at radius 2 is 1.86 bits per heavy atom. The zero-order chi connectivity index (χ0) is 14.8. The third kappa shape index (κ3) is 2.42. The summed E-state index contributed by atoms with van der Waals surface area (Å²) in [5, 5.41) is 0.912. The molecule has 0 saturated heterocycles. The van der Waals surface area contributed by atoms with Gasteiger partial charge in [0.1, 0.15) is 16.9 Å². The molecule has 0 aliphatic carbocycles. The van der Waals surface area contributed by atoms with E-state index in [4.69, 9.17) is 4.74 Å². The molecule has 4 nitrogen and oxygen atoms in total. The SMILES string of the molecule is c1ccc(-c2cc3c(Oc4cccnc4)ncnc3s2)cc1. The maximum atomic E-state index is 5.83. The van der Waals surface area contributed by atoms with Crippen molar-refractivity contribution in [2.24, 2.45) is 0 Å². The Kier molecular flexibility index (Phi) is 3.25. The van der Waals surface area contributed by atoms with Crippen molar-refractivity contribution < 1.29 is 4.74 Å². The number of rotatable bonds is 3. The smallest absolute Gasteiger partial charge is 0.231 e. The second-order valence-electron chi connectivity index (χ2n) is 4.67. The average Bonchev–Trinajstić information content (AvgIpc) is 3.02. The van der Waals surface area contributed by atoms with Crippen molar-refractivity contribution in [3.05, 3.63) is 67.3 Å². The number of thiophene rings is 1. The van der Waals surface area contributed by atoms with Gasteiger partial charge in [0.25, 0.3) is 0 Å². The number of aromatic nitrogens is 3. The van der Waals surface area contributed by atoms with E-state index in [0.29, 0.717) is 11.6 Å². The molecule has 3 heterocycles. The molecule has 0 atom stereocenters. The van der Waals surface area contributed by atoms with Gasteiger partial charge in [-0.2, -0.15) is 0 Å². The molecular weight excluding hydrogens is 294 g/mol. The molecule has 0 amide bonds. The molecule has 0 spiro atoms. The second kappa shape index (κ2) is 5.54. The predicted molar refractivity (Wildman–Crippen MR) is 87.2 cm³/mol. The van der Waals surface area contributed by atoms with E-state index in [9.17, 15) is 0 Å². The van der Waals surface area contributed by atoms with Gasteiger partial charge in [-0.25, -0.2) is 9.97 Å². The quantitative estimate of drug-likeness (QED) is 0.557. The predicted octanol–water partition coefficient (Wildman–Crippen LogP) is 4.55. The van der Waals surface area contributed by atoms with Crippen LogP contribution in [0.4, 0.5) is 0 Å². The minimum atomic E-state index is 0.552. The van der Waals surface area contributed by atoms with E-state index in [2.05, 4.69) is 33.2 Å². The maximum absolute atomic E-state index is 5.83. The Balaban J connectivity index is 1.78. The molecule has 0 unspecified atom stereocenters. The first-order valence-corrected chi connectivity index (χ1v) is 7.60. The van der Waals surface area contributed by atoms with Crippen LogP contribution in [0.25, 0.3) is 20.7 Å². The van der Waals surface area contributed by atoms with Crippen molar-refractivity contribution in [2.45, 2.75) is 0 Å². The summed E-state index contributed by atoms with van der Waals surface area (Å²) in [4.78, 5) is 14.7. The van der Waals surface area contributed by atoms with Crippen molar-refractivity contribution in [1.29, 1.82) is 0 Å². The van der Waals surface area contributed by atoms with Crippen molar-refractivity contribution >= 4 is 21.6 Å². The minimum Gasteiger partial charge on any atom is -0.437 e. The van der Waals surface area contributed by atoms with Gasteiger partial charge in [0.2, 0.25) is 5.88 Å². The van der Waals surface area contributed by atoms with E-state index in [0.717, 1.165) is 20.7 Å². The molecule has 5 heteroatoms. The van der Waals surface area contributed by atoms with Gasteiger partial charge < -0.3 is 4.74 Å². The lowest BCUT2D eigenvalue weighted by Crippen LogP contribution is -1.89. The van der Waals surface area contributed by atoms with Crippen LogP contribution in [0.1, 0.15) is 0 Å². The van der Waals surface area contributed by atoms with Gasteiger partial charge in [0, 0.05) is 11.1 Å². The highest BCUT2D eigenvalue weighted by Crippen LogP contribution is 2.36. The first-order valence-electron chi connectivity index (χ1n) is 6.78. The first-order chi connectivity index (χ1) is 10.9. The standard InChI is InChI=1S/C17H11N3OS/c1-2-5-12(6-3-1)15-9-14-16(19-11-20-17(14)22-15)21-13-7-4-8-18-10-13/h1-11H. The van der Waals surface area contributed by atoms with Crippen LogP contribution in [0.5, 0.6) is 11.6 Å². The van der Waals surface area contributed by atoms with E-state index in [-0.39, 0.29) is 0 Å². The van der Waals surface area contributed by atoms with Gasteiger partial charge >= 0.3 is 0 Å². The number of pyridine rings is 1. The molecule has 22 heavy (non-hydrogen) atoms. The van der Waals surface area contributed by atoms with E-state index in [1.807, 2.05) is 30.3 Å². The molecule has 0 radical (unpaired) electrons. The van der Waals surface area contributed by atoms with Crippen molar-refractivity contribution in [2.75, 3.05) is 0 Å². The highest BCUT2D eigenvalue weighted by atomic mass is 32.1. The molecule has 0 bridgehead atoms. The summed E-state index contributed by atoms with van der Waals surface area (Å²) in [6.45, 7) is 0. The highest BCUT2D eigenvalue weighted by molar-refractivity contribution is 7.21. The van der Waals surface area contributed by atoms with E-state index in [1.165, 1.54) is 6.33 Å². The largest absolute Gasteiger partial charge is 0.437 e. The normalized spacial score (nSPS) is 10.7. The monoisotopic (exact) mass is 305 g/mol. The molecule has 3 aromatic heterocycles. The highest BCUT2D eigenvalue weighted by Gasteiger charge is 2.11. The summed E-state index contributed by atoms with van der Waals surface area (Å²) in [7, 11) is 0. The van der Waals surface area contributed by atoms with Gasteiger partial charge in [0.05, 0.1) is 11.6 Å². The number of hydrogen-bond donors (Lipinski definition) is 0. The average molecular weight is 305 g/mol. The number of ether oxygens (including phenoxy) is 1. The number of fused-ring (bicyclic) bond motifs is 1. The summed E-state index contributed by atoms with van der Waals surface area (Å²) in [6, 6.07) is 16.0. The molecule has 0 aliphatic rings. The zero-order valence-corrected chi connectivity index (χ0v) is 12.3. The van der Waals surface area contributed by atoms with Crippen LogP contribution in [0.2, 0.25) is 0 Å². The second-order valence-corrected chi connectivity index (χ2v) is 5.70. The molecule has 4 rings (SSSR count). The number of benzene rings is 1. The van der Waals surface area contributed by atoms with Gasteiger partial charge in [-0.05, 0) is 23.8 Å². The third-order valence-electron chi connectivity index (χ3n) is 3.20. The molecule has 4 aromatic rings. The summed E-state index contributed by atoms with van der Waals surface area (Å²) >= 11 is 1.63. The Morgan fingerprint density at radius 1 is 0.955 bits per heavy atom. The molecule has 0 N–H and O–H groups in total.